The van der Waals surface area contributed by atoms with Crippen LogP contribution < -0.4 is 5.32 Å². The number of nitrogens with zero attached hydrogens (tertiary/aromatic N) is 2. The summed E-state index contributed by atoms with van der Waals surface area (Å²) in [4.78, 5) is 20.8. The summed E-state index contributed by atoms with van der Waals surface area (Å²) in [6.45, 7) is 1.74. The van der Waals surface area contributed by atoms with E-state index >= 15 is 0 Å². The summed E-state index contributed by atoms with van der Waals surface area (Å²) in [7, 11) is 0. The highest BCUT2D eigenvalue weighted by atomic mass is 32.1. The van der Waals surface area contributed by atoms with E-state index in [0.717, 1.165) is 5.69 Å². The minimum atomic E-state index is -0.386. The standard InChI is InChI=1S/C16H13N3O2S/c1-10-5-4-6-11(14(10)20)15(21)19-16-18-13(9-22-16)12-7-2-3-8-17-12/h2-9,20H,1H3,(H,18,19,21). The van der Waals surface area contributed by atoms with E-state index in [0.29, 0.717) is 16.4 Å². The third-order valence-electron chi connectivity index (χ3n) is 3.13. The van der Waals surface area contributed by atoms with Gasteiger partial charge in [-0.3, -0.25) is 15.1 Å². The summed E-state index contributed by atoms with van der Waals surface area (Å²) in [5.41, 5.74) is 2.34. The molecule has 0 fully saturated rings. The lowest BCUT2D eigenvalue weighted by molar-refractivity contribution is 0.102. The van der Waals surface area contributed by atoms with Gasteiger partial charge >= 0.3 is 0 Å². The van der Waals surface area contributed by atoms with Gasteiger partial charge in [0.1, 0.15) is 11.4 Å². The second-order valence-electron chi connectivity index (χ2n) is 4.68. The third kappa shape index (κ3) is 2.82. The highest BCUT2D eigenvalue weighted by Crippen LogP contribution is 2.26. The molecule has 1 aromatic carbocycles. The molecule has 0 bridgehead atoms. The molecular formula is C16H13N3O2S. The summed E-state index contributed by atoms with van der Waals surface area (Å²) in [6, 6.07) is 10.6. The van der Waals surface area contributed by atoms with Gasteiger partial charge in [-0.2, -0.15) is 0 Å². The first kappa shape index (κ1) is 14.2. The van der Waals surface area contributed by atoms with Gasteiger partial charge in [0.05, 0.1) is 11.3 Å². The molecule has 0 saturated carbocycles. The second-order valence-corrected chi connectivity index (χ2v) is 5.54. The third-order valence-corrected chi connectivity index (χ3v) is 3.89. The Morgan fingerprint density at radius 3 is 2.82 bits per heavy atom. The van der Waals surface area contributed by atoms with Crippen LogP contribution in [0.4, 0.5) is 5.13 Å². The molecule has 1 amide bonds. The number of thiazole rings is 1. The van der Waals surface area contributed by atoms with E-state index in [1.165, 1.54) is 11.3 Å². The minimum Gasteiger partial charge on any atom is -0.507 e. The van der Waals surface area contributed by atoms with Crippen LogP contribution in [0.3, 0.4) is 0 Å². The quantitative estimate of drug-likeness (QED) is 0.776. The van der Waals surface area contributed by atoms with Crippen LogP contribution in [-0.2, 0) is 0 Å². The molecule has 110 valence electrons. The lowest BCUT2D eigenvalue weighted by Crippen LogP contribution is -2.12. The molecule has 0 atom stereocenters. The molecule has 2 aromatic heterocycles. The normalized spacial score (nSPS) is 10.4. The number of aromatic hydroxyl groups is 1. The molecule has 0 spiro atoms. The number of carbonyl (C=O) groups excluding carboxylic acids is 1. The molecule has 6 heteroatoms. The van der Waals surface area contributed by atoms with Gasteiger partial charge in [-0.05, 0) is 30.7 Å². The number of phenolic OH excluding ortho intramolecular Hbond substituents is 1. The topological polar surface area (TPSA) is 75.1 Å². The number of aromatic nitrogens is 2. The Labute approximate surface area is 131 Å². The first-order chi connectivity index (χ1) is 10.6. The zero-order valence-electron chi connectivity index (χ0n) is 11.8. The van der Waals surface area contributed by atoms with Crippen LogP contribution in [-0.4, -0.2) is 21.0 Å². The molecule has 0 aliphatic rings. The molecule has 2 heterocycles. The van der Waals surface area contributed by atoms with Crippen LogP contribution in [0.2, 0.25) is 0 Å². The Morgan fingerprint density at radius 1 is 1.18 bits per heavy atom. The van der Waals surface area contributed by atoms with Crippen molar-refractivity contribution in [1.29, 1.82) is 0 Å². The van der Waals surface area contributed by atoms with Crippen LogP contribution in [0, 0.1) is 6.92 Å². The van der Waals surface area contributed by atoms with Gasteiger partial charge in [0, 0.05) is 11.6 Å². The molecular weight excluding hydrogens is 298 g/mol. The lowest BCUT2D eigenvalue weighted by Gasteiger charge is -2.06. The molecule has 2 N–H and O–H groups in total. The summed E-state index contributed by atoms with van der Waals surface area (Å²) in [5, 5.41) is 14.9. The maximum absolute atomic E-state index is 12.2. The van der Waals surface area contributed by atoms with Gasteiger partial charge < -0.3 is 5.11 Å². The van der Waals surface area contributed by atoms with E-state index in [1.54, 1.807) is 31.3 Å². The summed E-state index contributed by atoms with van der Waals surface area (Å²) in [6.07, 6.45) is 1.69. The number of para-hydroxylation sites is 1. The summed E-state index contributed by atoms with van der Waals surface area (Å²) in [5.74, 6) is -0.398. The average molecular weight is 311 g/mol. The number of hydrogen-bond acceptors (Lipinski definition) is 5. The number of nitrogens with one attached hydrogen (secondary N) is 1. The predicted molar refractivity (Wildman–Crippen MR) is 86.1 cm³/mol. The maximum atomic E-state index is 12.2. The minimum absolute atomic E-state index is 0.0125. The Kier molecular flexibility index (Phi) is 3.84. The van der Waals surface area contributed by atoms with Gasteiger partial charge in [0.2, 0.25) is 0 Å². The number of pyridine rings is 1. The number of anilines is 1. The van der Waals surface area contributed by atoms with Gasteiger partial charge in [-0.15, -0.1) is 11.3 Å². The van der Waals surface area contributed by atoms with E-state index in [4.69, 9.17) is 0 Å². The molecule has 22 heavy (non-hydrogen) atoms. The first-order valence-electron chi connectivity index (χ1n) is 6.62. The van der Waals surface area contributed by atoms with Crippen molar-refractivity contribution in [2.45, 2.75) is 6.92 Å². The number of amides is 1. The number of phenols is 1. The number of rotatable bonds is 3. The number of benzene rings is 1. The van der Waals surface area contributed by atoms with Crippen molar-refractivity contribution in [3.05, 3.63) is 59.1 Å². The first-order valence-corrected chi connectivity index (χ1v) is 7.50. The molecule has 3 rings (SSSR count). The Bertz CT molecular complexity index is 815. The Morgan fingerprint density at radius 2 is 2.05 bits per heavy atom. The molecule has 3 aromatic rings. The van der Waals surface area contributed by atoms with Crippen molar-refractivity contribution in [2.24, 2.45) is 0 Å². The van der Waals surface area contributed by atoms with Gasteiger partial charge in [-0.25, -0.2) is 4.98 Å². The smallest absolute Gasteiger partial charge is 0.261 e. The van der Waals surface area contributed by atoms with E-state index in [1.807, 2.05) is 23.6 Å². The van der Waals surface area contributed by atoms with Crippen LogP contribution in [0.15, 0.2) is 48.0 Å². The van der Waals surface area contributed by atoms with Crippen LogP contribution in [0.1, 0.15) is 15.9 Å². The number of carbonyl (C=O) groups is 1. The number of aryl methyl sites for hydroxylation is 1. The molecule has 0 aliphatic carbocycles. The van der Waals surface area contributed by atoms with Gasteiger partial charge in [-0.1, -0.05) is 18.2 Å². The average Bonchev–Trinajstić information content (AvgIpc) is 2.99. The fourth-order valence-corrected chi connectivity index (χ4v) is 2.67. The number of hydrogen-bond donors (Lipinski definition) is 2. The van der Waals surface area contributed by atoms with Gasteiger partial charge in [0.15, 0.2) is 5.13 Å². The highest BCUT2D eigenvalue weighted by molar-refractivity contribution is 7.14. The van der Waals surface area contributed by atoms with E-state index in [2.05, 4.69) is 15.3 Å². The summed E-state index contributed by atoms with van der Waals surface area (Å²) < 4.78 is 0. The maximum Gasteiger partial charge on any atom is 0.261 e. The highest BCUT2D eigenvalue weighted by Gasteiger charge is 2.14. The van der Waals surface area contributed by atoms with Crippen molar-refractivity contribution in [3.8, 4) is 17.1 Å². The second kappa shape index (κ2) is 5.95. The summed E-state index contributed by atoms with van der Waals surface area (Å²) >= 11 is 1.31. The van der Waals surface area contributed by atoms with Crippen molar-refractivity contribution in [3.63, 3.8) is 0 Å². The van der Waals surface area contributed by atoms with Crippen LogP contribution in [0.5, 0.6) is 5.75 Å². The molecule has 0 aliphatic heterocycles. The SMILES string of the molecule is Cc1cccc(C(=O)Nc2nc(-c3ccccn3)cs2)c1O. The van der Waals surface area contributed by atoms with Crippen LogP contribution >= 0.6 is 11.3 Å². The Hall–Kier alpha value is -2.73. The fraction of sp³-hybridized carbons (Fsp3) is 0.0625. The molecule has 5 nitrogen and oxygen atoms in total. The van der Waals surface area contributed by atoms with E-state index in [9.17, 15) is 9.90 Å². The Balaban J connectivity index is 1.81. The van der Waals surface area contributed by atoms with Crippen molar-refractivity contribution >= 4 is 22.4 Å². The lowest BCUT2D eigenvalue weighted by atomic mass is 10.1. The fourth-order valence-electron chi connectivity index (χ4n) is 1.97. The van der Waals surface area contributed by atoms with Crippen molar-refractivity contribution in [1.82, 2.24) is 9.97 Å². The largest absolute Gasteiger partial charge is 0.507 e. The van der Waals surface area contributed by atoms with E-state index < -0.39 is 0 Å². The molecule has 0 unspecified atom stereocenters. The van der Waals surface area contributed by atoms with Crippen molar-refractivity contribution < 1.29 is 9.90 Å². The van der Waals surface area contributed by atoms with Crippen molar-refractivity contribution in [2.75, 3.05) is 5.32 Å². The monoisotopic (exact) mass is 311 g/mol. The molecule has 0 saturated heterocycles. The zero-order valence-corrected chi connectivity index (χ0v) is 12.6. The van der Waals surface area contributed by atoms with Crippen LogP contribution in [0.25, 0.3) is 11.4 Å². The van der Waals surface area contributed by atoms with Gasteiger partial charge in [0.25, 0.3) is 5.91 Å². The predicted octanol–water partition coefficient (Wildman–Crippen LogP) is 3.47. The molecule has 0 radical (unpaired) electrons. The zero-order chi connectivity index (χ0) is 15.5. The van der Waals surface area contributed by atoms with E-state index in [-0.39, 0.29) is 17.2 Å².